The third-order valence-corrected chi connectivity index (χ3v) is 6.15. The van der Waals surface area contributed by atoms with Crippen molar-refractivity contribution in [2.24, 2.45) is 40.1 Å². The van der Waals surface area contributed by atoms with E-state index in [4.69, 9.17) is 5.53 Å². The van der Waals surface area contributed by atoms with Crippen molar-refractivity contribution in [2.75, 3.05) is 0 Å². The molecule has 1 atom stereocenters. The number of hydrogen-bond acceptors (Lipinski definition) is 1. The van der Waals surface area contributed by atoms with Gasteiger partial charge in [-0.3, -0.25) is 4.79 Å². The molecular weight excluding hydrogens is 214 g/mol. The van der Waals surface area contributed by atoms with Crippen molar-refractivity contribution in [2.45, 2.75) is 38.5 Å². The van der Waals surface area contributed by atoms with E-state index in [0.29, 0.717) is 0 Å². The lowest BCUT2D eigenvalue weighted by Gasteiger charge is -2.55. The molecule has 1 spiro atoms. The van der Waals surface area contributed by atoms with E-state index in [1.807, 2.05) is 0 Å². The van der Waals surface area contributed by atoms with Crippen LogP contribution in [0.1, 0.15) is 38.5 Å². The third-order valence-electron chi connectivity index (χ3n) is 6.15. The SMILES string of the molecule is [N-]=[N+]=NC(=O)C1CC12C1CC3CC(C1)CC2C3. The van der Waals surface area contributed by atoms with Crippen LogP contribution in [-0.2, 0) is 4.79 Å². The highest BCUT2D eigenvalue weighted by atomic mass is 16.2. The number of nitrogens with zero attached hydrogens (tertiary/aromatic N) is 3. The quantitative estimate of drug-likeness (QED) is 0.388. The standard InChI is InChI=1S/C13H17N3O/c14-16-15-12(17)11-6-13(11)9-2-7-1-8(4-9)5-10(13)3-7/h7-11H,1-6H2. The highest BCUT2D eigenvalue weighted by Crippen LogP contribution is 2.75. The van der Waals surface area contributed by atoms with Crippen molar-refractivity contribution in [1.29, 1.82) is 0 Å². The van der Waals surface area contributed by atoms with Crippen molar-refractivity contribution in [3.05, 3.63) is 10.4 Å². The van der Waals surface area contributed by atoms with Crippen molar-refractivity contribution in [3.63, 3.8) is 0 Å². The minimum Gasteiger partial charge on any atom is -0.292 e. The van der Waals surface area contributed by atoms with E-state index in [2.05, 4.69) is 10.0 Å². The summed E-state index contributed by atoms with van der Waals surface area (Å²) in [4.78, 5) is 14.5. The van der Waals surface area contributed by atoms with Gasteiger partial charge in [0.2, 0.25) is 5.91 Å². The molecule has 0 heterocycles. The van der Waals surface area contributed by atoms with Gasteiger partial charge in [-0.05, 0) is 78.3 Å². The summed E-state index contributed by atoms with van der Waals surface area (Å²) in [6.07, 6.45) is 7.82. The molecule has 5 rings (SSSR count). The van der Waals surface area contributed by atoms with E-state index >= 15 is 0 Å². The van der Waals surface area contributed by atoms with Crippen LogP contribution >= 0.6 is 0 Å². The van der Waals surface area contributed by atoms with Crippen LogP contribution in [0.25, 0.3) is 10.4 Å². The van der Waals surface area contributed by atoms with Crippen LogP contribution in [0, 0.1) is 35.0 Å². The molecule has 0 aliphatic heterocycles. The molecule has 4 bridgehead atoms. The molecule has 4 nitrogen and oxygen atoms in total. The highest BCUT2D eigenvalue weighted by molar-refractivity contribution is 5.83. The Balaban J connectivity index is 1.64. The van der Waals surface area contributed by atoms with Crippen LogP contribution in [-0.4, -0.2) is 5.91 Å². The molecule has 0 aromatic carbocycles. The highest BCUT2D eigenvalue weighted by Gasteiger charge is 2.70. The largest absolute Gasteiger partial charge is 0.292 e. The third kappa shape index (κ3) is 1.14. The van der Waals surface area contributed by atoms with Gasteiger partial charge >= 0.3 is 0 Å². The summed E-state index contributed by atoms with van der Waals surface area (Å²) in [5, 5.41) is 3.34. The molecule has 0 radical (unpaired) electrons. The van der Waals surface area contributed by atoms with E-state index in [-0.39, 0.29) is 17.2 Å². The first kappa shape index (κ1) is 9.95. The van der Waals surface area contributed by atoms with Crippen molar-refractivity contribution in [1.82, 2.24) is 0 Å². The topological polar surface area (TPSA) is 65.8 Å². The van der Waals surface area contributed by atoms with E-state index < -0.39 is 0 Å². The summed E-state index contributed by atoms with van der Waals surface area (Å²) in [5.41, 5.74) is 8.67. The molecule has 0 saturated heterocycles. The Morgan fingerprint density at radius 1 is 1.12 bits per heavy atom. The second-order valence-electron chi connectivity index (χ2n) is 6.70. The summed E-state index contributed by atoms with van der Waals surface area (Å²) in [5.74, 6) is 3.31. The summed E-state index contributed by atoms with van der Waals surface area (Å²) in [7, 11) is 0. The maximum absolute atomic E-state index is 11.8. The zero-order chi connectivity index (χ0) is 11.6. The van der Waals surface area contributed by atoms with Gasteiger partial charge < -0.3 is 0 Å². The first-order valence-corrected chi connectivity index (χ1v) is 6.83. The minimum absolute atomic E-state index is 0.0772. The summed E-state index contributed by atoms with van der Waals surface area (Å²) in [6, 6.07) is 0. The number of carbonyl (C=O) groups is 1. The molecule has 0 aromatic rings. The number of hydrogen-bond donors (Lipinski definition) is 0. The van der Waals surface area contributed by atoms with Gasteiger partial charge in [0.15, 0.2) is 0 Å². The van der Waals surface area contributed by atoms with Gasteiger partial charge in [0, 0.05) is 10.8 Å². The van der Waals surface area contributed by atoms with E-state index in [0.717, 1.165) is 30.1 Å². The van der Waals surface area contributed by atoms with Crippen LogP contribution in [0.4, 0.5) is 0 Å². The lowest BCUT2D eigenvalue weighted by molar-refractivity contribution is -0.123. The smallest absolute Gasteiger partial charge is 0.222 e. The Morgan fingerprint density at radius 2 is 1.71 bits per heavy atom. The van der Waals surface area contributed by atoms with E-state index in [9.17, 15) is 4.79 Å². The van der Waals surface area contributed by atoms with Crippen LogP contribution in [0.5, 0.6) is 0 Å². The fourth-order valence-corrected chi connectivity index (χ4v) is 5.69. The van der Waals surface area contributed by atoms with Crippen LogP contribution in [0.3, 0.4) is 0 Å². The summed E-state index contributed by atoms with van der Waals surface area (Å²) >= 11 is 0. The fraction of sp³-hybridized carbons (Fsp3) is 0.923. The van der Waals surface area contributed by atoms with Gasteiger partial charge in [-0.2, -0.15) is 0 Å². The first-order valence-electron chi connectivity index (χ1n) is 6.83. The molecule has 0 N–H and O–H groups in total. The molecule has 5 aliphatic rings. The van der Waals surface area contributed by atoms with Gasteiger partial charge in [-0.1, -0.05) is 0 Å². The number of carbonyl (C=O) groups excluding carboxylic acids is 1. The Bertz CT molecular complexity index is 410. The lowest BCUT2D eigenvalue weighted by atomic mass is 9.49. The lowest BCUT2D eigenvalue weighted by Crippen LogP contribution is -2.47. The zero-order valence-electron chi connectivity index (χ0n) is 9.88. The van der Waals surface area contributed by atoms with Crippen molar-refractivity contribution in [3.8, 4) is 0 Å². The Morgan fingerprint density at radius 3 is 2.24 bits per heavy atom. The van der Waals surface area contributed by atoms with Gasteiger partial charge in [-0.15, -0.1) is 0 Å². The fourth-order valence-electron chi connectivity index (χ4n) is 5.69. The molecule has 0 aromatic heterocycles. The van der Waals surface area contributed by atoms with Crippen molar-refractivity contribution < 1.29 is 4.79 Å². The number of azide groups is 1. The first-order chi connectivity index (χ1) is 8.24. The van der Waals surface area contributed by atoms with Crippen LogP contribution in [0.2, 0.25) is 0 Å². The molecule has 1 unspecified atom stereocenters. The Labute approximate surface area is 100 Å². The number of amides is 1. The van der Waals surface area contributed by atoms with E-state index in [1.165, 1.54) is 32.1 Å². The predicted octanol–water partition coefficient (Wildman–Crippen LogP) is 3.29. The second kappa shape index (κ2) is 3.05. The van der Waals surface area contributed by atoms with E-state index in [1.54, 1.807) is 0 Å². The predicted molar refractivity (Wildman–Crippen MR) is 61.7 cm³/mol. The normalized spacial score (nSPS) is 53.5. The molecular formula is C13H17N3O. The minimum atomic E-state index is -0.181. The summed E-state index contributed by atoms with van der Waals surface area (Å²) < 4.78 is 0. The molecule has 17 heavy (non-hydrogen) atoms. The summed E-state index contributed by atoms with van der Waals surface area (Å²) in [6.45, 7) is 0. The molecule has 90 valence electrons. The van der Waals surface area contributed by atoms with Gasteiger partial charge in [0.25, 0.3) is 0 Å². The van der Waals surface area contributed by atoms with Crippen molar-refractivity contribution >= 4 is 5.91 Å². The van der Waals surface area contributed by atoms with Crippen LogP contribution in [0.15, 0.2) is 5.11 Å². The molecule has 5 fully saturated rings. The van der Waals surface area contributed by atoms with Gasteiger partial charge in [0.05, 0.1) is 0 Å². The molecule has 4 heteroatoms. The maximum Gasteiger partial charge on any atom is 0.222 e. The molecule has 5 aliphatic carbocycles. The average Bonchev–Trinajstić information content (AvgIpc) is 3.02. The van der Waals surface area contributed by atoms with Crippen LogP contribution < -0.4 is 0 Å². The Kier molecular flexibility index (Phi) is 1.79. The van der Waals surface area contributed by atoms with Gasteiger partial charge in [0.1, 0.15) is 0 Å². The van der Waals surface area contributed by atoms with Gasteiger partial charge in [-0.25, -0.2) is 0 Å². The number of rotatable bonds is 1. The average molecular weight is 231 g/mol. The second-order valence-corrected chi connectivity index (χ2v) is 6.70. The Hall–Kier alpha value is -1.02. The monoisotopic (exact) mass is 231 g/mol. The maximum atomic E-state index is 11.8. The molecule has 5 saturated carbocycles. The molecule has 1 amide bonds. The zero-order valence-corrected chi connectivity index (χ0v) is 9.88.